The van der Waals surface area contributed by atoms with Gasteiger partial charge in [-0.3, -0.25) is 0 Å². The van der Waals surface area contributed by atoms with Gasteiger partial charge in [0.25, 0.3) is 0 Å². The van der Waals surface area contributed by atoms with E-state index in [9.17, 15) is 0 Å². The molecule has 0 saturated carbocycles. The van der Waals surface area contributed by atoms with Crippen LogP contribution in [0.4, 0.5) is 0 Å². The lowest BCUT2D eigenvalue weighted by Crippen LogP contribution is -1.84. The van der Waals surface area contributed by atoms with Gasteiger partial charge in [-0.25, -0.2) is 4.98 Å². The Labute approximate surface area is 117 Å². The van der Waals surface area contributed by atoms with Crippen molar-refractivity contribution in [3.05, 3.63) is 77.1 Å². The van der Waals surface area contributed by atoms with Crippen molar-refractivity contribution in [2.75, 3.05) is 0 Å². The first-order valence-corrected chi connectivity index (χ1v) is 6.49. The molecule has 0 fully saturated rings. The third-order valence-electron chi connectivity index (χ3n) is 2.96. The summed E-state index contributed by atoms with van der Waals surface area (Å²) in [7, 11) is 0. The molecular formula is C17H12ClN. The van der Waals surface area contributed by atoms with Crippen LogP contribution in [0.15, 0.2) is 60.7 Å². The molecule has 2 heteroatoms. The van der Waals surface area contributed by atoms with E-state index in [0.29, 0.717) is 5.15 Å². The van der Waals surface area contributed by atoms with Crippen LogP contribution < -0.4 is 0 Å². The van der Waals surface area contributed by atoms with E-state index >= 15 is 0 Å². The summed E-state index contributed by atoms with van der Waals surface area (Å²) >= 11 is 6.20. The molecule has 0 aliphatic heterocycles. The zero-order valence-electron chi connectivity index (χ0n) is 10.3. The van der Waals surface area contributed by atoms with Crippen LogP contribution in [-0.2, 0) is 0 Å². The van der Waals surface area contributed by atoms with E-state index in [1.54, 1.807) is 0 Å². The summed E-state index contributed by atoms with van der Waals surface area (Å²) in [5.74, 6) is 0. The molecule has 0 aliphatic carbocycles. The molecule has 1 nitrogen and oxygen atoms in total. The number of benzene rings is 2. The fourth-order valence-electron chi connectivity index (χ4n) is 2.01. The minimum Gasteiger partial charge on any atom is -0.236 e. The lowest BCUT2D eigenvalue weighted by molar-refractivity contribution is 1.33. The molecule has 0 N–H and O–H groups in total. The van der Waals surface area contributed by atoms with Gasteiger partial charge in [0.15, 0.2) is 0 Å². The van der Waals surface area contributed by atoms with Crippen molar-refractivity contribution in [2.24, 2.45) is 0 Å². The second kappa shape index (κ2) is 5.25. The number of pyridine rings is 1. The summed E-state index contributed by atoms with van der Waals surface area (Å²) in [6.07, 6.45) is 4.01. The van der Waals surface area contributed by atoms with Crippen LogP contribution in [0.3, 0.4) is 0 Å². The van der Waals surface area contributed by atoms with E-state index in [1.165, 1.54) is 0 Å². The molecule has 2 aromatic carbocycles. The maximum absolute atomic E-state index is 6.20. The Bertz CT molecular complexity index is 733. The molecule has 3 aromatic rings. The highest BCUT2D eigenvalue weighted by Crippen LogP contribution is 2.23. The molecule has 1 heterocycles. The lowest BCUT2D eigenvalue weighted by Gasteiger charge is -2.01. The molecule has 1 aromatic heterocycles. The van der Waals surface area contributed by atoms with Gasteiger partial charge < -0.3 is 0 Å². The predicted octanol–water partition coefficient (Wildman–Crippen LogP) is 5.06. The topological polar surface area (TPSA) is 12.9 Å². The molecule has 0 radical (unpaired) electrons. The first-order chi connectivity index (χ1) is 9.33. The van der Waals surface area contributed by atoms with Crippen LogP contribution in [-0.4, -0.2) is 4.98 Å². The summed E-state index contributed by atoms with van der Waals surface area (Å²) in [5.41, 5.74) is 2.01. The number of nitrogens with zero attached hydrogens (tertiary/aromatic N) is 1. The molecule has 0 unspecified atom stereocenters. The second-order valence-electron chi connectivity index (χ2n) is 4.30. The fourth-order valence-corrected chi connectivity index (χ4v) is 2.28. The maximum Gasteiger partial charge on any atom is 0.137 e. The summed E-state index contributed by atoms with van der Waals surface area (Å²) in [6.45, 7) is 0. The zero-order chi connectivity index (χ0) is 13.1. The Kier molecular flexibility index (Phi) is 3.30. The van der Waals surface area contributed by atoms with Crippen LogP contribution >= 0.6 is 11.6 Å². The van der Waals surface area contributed by atoms with Gasteiger partial charge in [0, 0.05) is 5.39 Å². The third kappa shape index (κ3) is 2.67. The Morgan fingerprint density at radius 2 is 1.58 bits per heavy atom. The van der Waals surface area contributed by atoms with Crippen molar-refractivity contribution in [1.82, 2.24) is 4.98 Å². The molecule has 0 bridgehead atoms. The van der Waals surface area contributed by atoms with Crippen molar-refractivity contribution in [3.63, 3.8) is 0 Å². The minimum atomic E-state index is 0.547. The second-order valence-corrected chi connectivity index (χ2v) is 4.66. The van der Waals surface area contributed by atoms with Gasteiger partial charge in [-0.1, -0.05) is 72.3 Å². The average molecular weight is 266 g/mol. The molecule has 0 aliphatic rings. The van der Waals surface area contributed by atoms with Gasteiger partial charge in [-0.15, -0.1) is 0 Å². The summed E-state index contributed by atoms with van der Waals surface area (Å²) in [5, 5.41) is 2.64. The monoisotopic (exact) mass is 265 g/mol. The standard InChI is InChI=1S/C17H12ClN/c18-17-16-9-5-4-8-14(16)12-15(19-17)11-10-13-6-2-1-3-7-13/h1-12H. The van der Waals surface area contributed by atoms with Gasteiger partial charge in [-0.05, 0) is 23.1 Å². The van der Waals surface area contributed by atoms with Crippen LogP contribution in [0.25, 0.3) is 22.9 Å². The lowest BCUT2D eigenvalue weighted by atomic mass is 10.1. The van der Waals surface area contributed by atoms with Crippen LogP contribution in [0.2, 0.25) is 5.15 Å². The SMILES string of the molecule is Clc1nc(C=Cc2ccccc2)cc2ccccc12. The molecule has 0 amide bonds. The highest BCUT2D eigenvalue weighted by molar-refractivity contribution is 6.34. The Hall–Kier alpha value is -2.12. The van der Waals surface area contributed by atoms with Gasteiger partial charge in [0.2, 0.25) is 0 Å². The quantitative estimate of drug-likeness (QED) is 0.590. The van der Waals surface area contributed by atoms with E-state index in [-0.39, 0.29) is 0 Å². The highest BCUT2D eigenvalue weighted by Gasteiger charge is 2.01. The van der Waals surface area contributed by atoms with E-state index in [4.69, 9.17) is 11.6 Å². The van der Waals surface area contributed by atoms with Crippen LogP contribution in [0, 0.1) is 0 Å². The van der Waals surface area contributed by atoms with Gasteiger partial charge >= 0.3 is 0 Å². The van der Waals surface area contributed by atoms with Crippen molar-refractivity contribution >= 4 is 34.5 Å². The first kappa shape index (κ1) is 11.9. The van der Waals surface area contributed by atoms with Crippen molar-refractivity contribution in [3.8, 4) is 0 Å². The average Bonchev–Trinajstić information content (AvgIpc) is 2.46. The number of fused-ring (bicyclic) bond motifs is 1. The minimum absolute atomic E-state index is 0.547. The Balaban J connectivity index is 2.00. The first-order valence-electron chi connectivity index (χ1n) is 6.11. The molecule has 0 saturated heterocycles. The Morgan fingerprint density at radius 3 is 2.42 bits per heavy atom. The zero-order valence-corrected chi connectivity index (χ0v) is 11.0. The summed E-state index contributed by atoms with van der Waals surface area (Å²) in [6, 6.07) is 20.2. The summed E-state index contributed by atoms with van der Waals surface area (Å²) in [4.78, 5) is 4.40. The molecule has 92 valence electrons. The largest absolute Gasteiger partial charge is 0.236 e. The predicted molar refractivity (Wildman–Crippen MR) is 82.1 cm³/mol. The Morgan fingerprint density at radius 1 is 0.842 bits per heavy atom. The number of aromatic nitrogens is 1. The van der Waals surface area contributed by atoms with Crippen LogP contribution in [0.1, 0.15) is 11.3 Å². The smallest absolute Gasteiger partial charge is 0.137 e. The molecule has 3 rings (SSSR count). The highest BCUT2D eigenvalue weighted by atomic mass is 35.5. The van der Waals surface area contributed by atoms with Crippen molar-refractivity contribution in [1.29, 1.82) is 0 Å². The van der Waals surface area contributed by atoms with Crippen LogP contribution in [0.5, 0.6) is 0 Å². The van der Waals surface area contributed by atoms with E-state index in [0.717, 1.165) is 22.0 Å². The number of hydrogen-bond donors (Lipinski definition) is 0. The number of rotatable bonds is 2. The number of hydrogen-bond acceptors (Lipinski definition) is 1. The van der Waals surface area contributed by atoms with Crippen molar-refractivity contribution < 1.29 is 0 Å². The van der Waals surface area contributed by atoms with Gasteiger partial charge in [0.05, 0.1) is 5.69 Å². The van der Waals surface area contributed by atoms with Gasteiger partial charge in [-0.2, -0.15) is 0 Å². The molecular weight excluding hydrogens is 254 g/mol. The van der Waals surface area contributed by atoms with Gasteiger partial charge in [0.1, 0.15) is 5.15 Å². The fraction of sp³-hybridized carbons (Fsp3) is 0. The van der Waals surface area contributed by atoms with E-state index < -0.39 is 0 Å². The normalized spacial score (nSPS) is 11.2. The number of halogens is 1. The third-order valence-corrected chi connectivity index (χ3v) is 3.25. The van der Waals surface area contributed by atoms with E-state index in [2.05, 4.69) is 17.1 Å². The van der Waals surface area contributed by atoms with Crippen molar-refractivity contribution in [2.45, 2.75) is 0 Å². The van der Waals surface area contributed by atoms with E-state index in [1.807, 2.05) is 60.7 Å². The molecule has 0 spiro atoms. The molecule has 0 atom stereocenters. The molecule has 19 heavy (non-hydrogen) atoms. The summed E-state index contributed by atoms with van der Waals surface area (Å²) < 4.78 is 0. The maximum atomic E-state index is 6.20.